The van der Waals surface area contributed by atoms with Crippen molar-refractivity contribution in [1.29, 1.82) is 0 Å². The average molecular weight is 324 g/mol. The van der Waals surface area contributed by atoms with Crippen LogP contribution < -0.4 is 16.2 Å². The lowest BCUT2D eigenvalue weighted by molar-refractivity contribution is -0.122. The highest BCUT2D eigenvalue weighted by molar-refractivity contribution is 9.10. The summed E-state index contributed by atoms with van der Waals surface area (Å²) in [7, 11) is 0. The van der Waals surface area contributed by atoms with Gasteiger partial charge in [0, 0.05) is 29.5 Å². The normalized spacial score (nSPS) is 29.2. The van der Waals surface area contributed by atoms with Crippen LogP contribution in [0, 0.1) is 5.92 Å². The molecule has 3 rings (SSSR count). The molecule has 4 nitrogen and oxygen atoms in total. The molecule has 1 aromatic rings. The summed E-state index contributed by atoms with van der Waals surface area (Å²) in [6.07, 6.45) is 2.05. The predicted octanol–water partition coefficient (Wildman–Crippen LogP) is 1.54. The molecular weight excluding hydrogens is 306 g/mol. The minimum Gasteiger partial charge on any atom is -0.354 e. The molecule has 3 N–H and O–H groups in total. The molecule has 1 aromatic carbocycles. The van der Waals surface area contributed by atoms with Gasteiger partial charge in [-0.05, 0) is 36.5 Å². The highest BCUT2D eigenvalue weighted by Gasteiger charge is 2.43. The smallest absolute Gasteiger partial charge is 0.223 e. The molecule has 1 aliphatic heterocycles. The molecule has 0 radical (unpaired) electrons. The van der Waals surface area contributed by atoms with Crippen molar-refractivity contribution >= 4 is 21.8 Å². The number of carbonyl (C=O) groups is 1. The van der Waals surface area contributed by atoms with E-state index in [-0.39, 0.29) is 11.8 Å². The molecule has 0 spiro atoms. The van der Waals surface area contributed by atoms with E-state index in [1.807, 2.05) is 12.1 Å². The van der Waals surface area contributed by atoms with E-state index in [0.29, 0.717) is 12.0 Å². The second-order valence-corrected chi connectivity index (χ2v) is 6.22. The first-order valence-corrected chi connectivity index (χ1v) is 7.55. The van der Waals surface area contributed by atoms with E-state index < -0.39 is 0 Å². The lowest BCUT2D eigenvalue weighted by atomic mass is 10.1. The number of benzene rings is 1. The van der Waals surface area contributed by atoms with Crippen molar-refractivity contribution in [1.82, 2.24) is 16.2 Å². The second kappa shape index (κ2) is 5.61. The second-order valence-electron chi connectivity index (χ2n) is 5.30. The molecule has 1 aliphatic carbocycles. The van der Waals surface area contributed by atoms with E-state index in [4.69, 9.17) is 0 Å². The third-order valence-electron chi connectivity index (χ3n) is 3.87. The number of hydrogen-bond donors (Lipinski definition) is 3. The number of hydrogen-bond acceptors (Lipinski definition) is 3. The number of rotatable bonds is 4. The Morgan fingerprint density at radius 2 is 2.16 bits per heavy atom. The zero-order valence-corrected chi connectivity index (χ0v) is 12.2. The summed E-state index contributed by atoms with van der Waals surface area (Å²) in [4.78, 5) is 12.0. The van der Waals surface area contributed by atoms with Gasteiger partial charge in [-0.2, -0.15) is 0 Å². The number of amides is 1. The molecule has 1 saturated carbocycles. The molecule has 2 aliphatic rings. The molecule has 19 heavy (non-hydrogen) atoms. The summed E-state index contributed by atoms with van der Waals surface area (Å²) in [5.74, 6) is 0.764. The van der Waals surface area contributed by atoms with Crippen LogP contribution in [-0.2, 0) is 4.79 Å². The fraction of sp³-hybridized carbons (Fsp3) is 0.500. The molecular formula is C14H18BrN3O. The van der Waals surface area contributed by atoms with E-state index >= 15 is 0 Å². The van der Waals surface area contributed by atoms with Crippen LogP contribution in [0.2, 0.25) is 0 Å². The van der Waals surface area contributed by atoms with Crippen LogP contribution in [0.1, 0.15) is 24.3 Å². The third-order valence-corrected chi connectivity index (χ3v) is 4.40. The van der Waals surface area contributed by atoms with Crippen molar-refractivity contribution in [2.45, 2.75) is 24.8 Å². The Bertz CT molecular complexity index is 456. The average Bonchev–Trinajstić information content (AvgIpc) is 3.05. The Labute approximate surface area is 121 Å². The van der Waals surface area contributed by atoms with Crippen LogP contribution in [0.25, 0.3) is 0 Å². The van der Waals surface area contributed by atoms with Gasteiger partial charge in [-0.1, -0.05) is 28.1 Å². The standard InChI is InChI=1S/C14H18BrN3O/c15-10-3-1-9(2-4-10)12-7-13(12)14(19)16-8-11-5-6-17-18-11/h1-4,11-13,17-18H,5-8H2,(H,16,19). The van der Waals surface area contributed by atoms with Crippen LogP contribution in [0.5, 0.6) is 0 Å². The first-order chi connectivity index (χ1) is 9.24. The first-order valence-electron chi connectivity index (χ1n) is 6.75. The molecule has 0 bridgehead atoms. The highest BCUT2D eigenvalue weighted by atomic mass is 79.9. The SMILES string of the molecule is O=C(NCC1CCNN1)C1CC1c1ccc(Br)cc1. The van der Waals surface area contributed by atoms with Crippen molar-refractivity contribution in [2.24, 2.45) is 5.92 Å². The van der Waals surface area contributed by atoms with Crippen molar-refractivity contribution < 1.29 is 4.79 Å². The Balaban J connectivity index is 1.48. The summed E-state index contributed by atoms with van der Waals surface area (Å²) in [6, 6.07) is 8.65. The monoisotopic (exact) mass is 323 g/mol. The van der Waals surface area contributed by atoms with Crippen molar-refractivity contribution in [3.05, 3.63) is 34.3 Å². The summed E-state index contributed by atoms with van der Waals surface area (Å²) < 4.78 is 1.08. The van der Waals surface area contributed by atoms with Gasteiger partial charge >= 0.3 is 0 Å². The van der Waals surface area contributed by atoms with Crippen LogP contribution in [0.3, 0.4) is 0 Å². The van der Waals surface area contributed by atoms with Gasteiger partial charge < -0.3 is 5.32 Å². The zero-order chi connectivity index (χ0) is 13.2. The molecule has 102 valence electrons. The maximum Gasteiger partial charge on any atom is 0.223 e. The summed E-state index contributed by atoms with van der Waals surface area (Å²) in [5, 5.41) is 3.05. The maximum absolute atomic E-state index is 12.0. The van der Waals surface area contributed by atoms with Gasteiger partial charge in [-0.15, -0.1) is 0 Å². The minimum atomic E-state index is 0.163. The summed E-state index contributed by atoms with van der Waals surface area (Å²) in [6.45, 7) is 1.70. The summed E-state index contributed by atoms with van der Waals surface area (Å²) >= 11 is 3.43. The van der Waals surface area contributed by atoms with Crippen LogP contribution in [0.4, 0.5) is 0 Å². The molecule has 3 atom stereocenters. The molecule has 1 amide bonds. The topological polar surface area (TPSA) is 53.2 Å². The van der Waals surface area contributed by atoms with E-state index in [0.717, 1.165) is 30.4 Å². The van der Waals surface area contributed by atoms with Gasteiger partial charge in [0.25, 0.3) is 0 Å². The fourth-order valence-corrected chi connectivity index (χ4v) is 2.87. The molecule has 0 aromatic heterocycles. The van der Waals surface area contributed by atoms with Crippen LogP contribution in [-0.4, -0.2) is 25.0 Å². The van der Waals surface area contributed by atoms with Gasteiger partial charge in [0.15, 0.2) is 0 Å². The summed E-state index contributed by atoms with van der Waals surface area (Å²) in [5.41, 5.74) is 7.49. The van der Waals surface area contributed by atoms with E-state index in [1.165, 1.54) is 5.56 Å². The molecule has 2 fully saturated rings. The third kappa shape index (κ3) is 3.16. The molecule has 3 unspecified atom stereocenters. The van der Waals surface area contributed by atoms with Crippen molar-refractivity contribution in [2.75, 3.05) is 13.1 Å². The van der Waals surface area contributed by atoms with Crippen molar-refractivity contribution in [3.8, 4) is 0 Å². The van der Waals surface area contributed by atoms with Gasteiger partial charge in [0.1, 0.15) is 0 Å². The van der Waals surface area contributed by atoms with Gasteiger partial charge in [0.2, 0.25) is 5.91 Å². The maximum atomic E-state index is 12.0. The first kappa shape index (κ1) is 13.1. The largest absolute Gasteiger partial charge is 0.354 e. The Hall–Kier alpha value is -0.910. The van der Waals surface area contributed by atoms with Gasteiger partial charge in [-0.25, -0.2) is 0 Å². The molecule has 5 heteroatoms. The van der Waals surface area contributed by atoms with E-state index in [1.54, 1.807) is 0 Å². The number of nitrogens with one attached hydrogen (secondary N) is 3. The lowest BCUT2D eigenvalue weighted by Crippen LogP contribution is -2.40. The fourth-order valence-electron chi connectivity index (χ4n) is 2.61. The Morgan fingerprint density at radius 3 is 2.84 bits per heavy atom. The van der Waals surface area contributed by atoms with Gasteiger partial charge in [0.05, 0.1) is 0 Å². The number of halogens is 1. The predicted molar refractivity (Wildman–Crippen MR) is 77.5 cm³/mol. The number of carbonyl (C=O) groups excluding carboxylic acids is 1. The van der Waals surface area contributed by atoms with E-state index in [9.17, 15) is 4.79 Å². The van der Waals surface area contributed by atoms with E-state index in [2.05, 4.69) is 44.2 Å². The highest BCUT2D eigenvalue weighted by Crippen LogP contribution is 2.47. The minimum absolute atomic E-state index is 0.163. The lowest BCUT2D eigenvalue weighted by Gasteiger charge is -2.10. The quantitative estimate of drug-likeness (QED) is 0.787. The Kier molecular flexibility index (Phi) is 3.86. The molecule has 1 heterocycles. The zero-order valence-electron chi connectivity index (χ0n) is 10.7. The molecule has 1 saturated heterocycles. The Morgan fingerprint density at radius 1 is 1.37 bits per heavy atom. The number of hydrazine groups is 1. The van der Waals surface area contributed by atoms with Gasteiger partial charge in [-0.3, -0.25) is 15.6 Å². The van der Waals surface area contributed by atoms with Crippen LogP contribution in [0.15, 0.2) is 28.7 Å². The van der Waals surface area contributed by atoms with Crippen molar-refractivity contribution in [3.63, 3.8) is 0 Å². The van der Waals surface area contributed by atoms with Crippen LogP contribution >= 0.6 is 15.9 Å².